The number of carbonyl (C=O) groups is 2. The first-order valence-electron chi connectivity index (χ1n) is 11.8. The monoisotopic (exact) mass is 518 g/mol. The van der Waals surface area contributed by atoms with Crippen molar-refractivity contribution in [1.82, 2.24) is 20.1 Å². The molecule has 1 aliphatic carbocycles. The van der Waals surface area contributed by atoms with E-state index in [0.29, 0.717) is 17.2 Å². The number of halogens is 2. The van der Waals surface area contributed by atoms with Gasteiger partial charge in [0.1, 0.15) is 34.6 Å². The Morgan fingerprint density at radius 3 is 2.32 bits per heavy atom. The molecule has 0 unspecified atom stereocenters. The Labute approximate surface area is 216 Å². The number of hydrogen-bond donors (Lipinski definition) is 3. The second-order valence-corrected chi connectivity index (χ2v) is 9.18. The lowest BCUT2D eigenvalue weighted by Crippen LogP contribution is -2.21. The van der Waals surface area contributed by atoms with Crippen molar-refractivity contribution in [3.63, 3.8) is 0 Å². The first-order chi connectivity index (χ1) is 18.2. The number of amides is 3. The van der Waals surface area contributed by atoms with Crippen LogP contribution in [0, 0.1) is 11.6 Å². The summed E-state index contributed by atoms with van der Waals surface area (Å²) < 4.78 is 34.9. The summed E-state index contributed by atoms with van der Waals surface area (Å²) in [7, 11) is 1.51. The summed E-state index contributed by atoms with van der Waals surface area (Å²) in [6, 6.07) is 14.0. The third-order valence-corrected chi connectivity index (χ3v) is 6.20. The van der Waals surface area contributed by atoms with E-state index in [4.69, 9.17) is 4.74 Å². The predicted molar refractivity (Wildman–Crippen MR) is 137 cm³/mol. The molecule has 0 aliphatic heterocycles. The third-order valence-electron chi connectivity index (χ3n) is 6.20. The van der Waals surface area contributed by atoms with E-state index in [1.165, 1.54) is 24.0 Å². The molecule has 38 heavy (non-hydrogen) atoms. The largest absolute Gasteiger partial charge is 0.457 e. The molecule has 3 N–H and O–H groups in total. The fraction of sp³-hybridized carbons (Fsp3) is 0.185. The van der Waals surface area contributed by atoms with Gasteiger partial charge in [0, 0.05) is 42.5 Å². The van der Waals surface area contributed by atoms with Crippen LogP contribution in [-0.2, 0) is 5.41 Å². The average Bonchev–Trinajstić information content (AvgIpc) is 3.50. The van der Waals surface area contributed by atoms with Crippen LogP contribution in [0.25, 0.3) is 5.69 Å². The van der Waals surface area contributed by atoms with Gasteiger partial charge in [0.25, 0.3) is 5.91 Å². The zero-order chi connectivity index (χ0) is 26.9. The fourth-order valence-corrected chi connectivity index (χ4v) is 3.82. The van der Waals surface area contributed by atoms with Crippen molar-refractivity contribution in [2.75, 3.05) is 17.7 Å². The maximum atomic E-state index is 13.9. The third kappa shape index (κ3) is 5.46. The summed E-state index contributed by atoms with van der Waals surface area (Å²) in [6.07, 6.45) is 3.35. The number of hydrogen-bond acceptors (Lipinski definition) is 5. The molecular formula is C27H24F2N6O3. The van der Waals surface area contributed by atoms with Crippen molar-refractivity contribution in [2.24, 2.45) is 0 Å². The van der Waals surface area contributed by atoms with Gasteiger partial charge < -0.3 is 15.4 Å². The molecule has 1 aliphatic rings. The maximum Gasteiger partial charge on any atom is 0.324 e. The molecule has 11 heteroatoms. The van der Waals surface area contributed by atoms with E-state index >= 15 is 0 Å². The number of carbonyl (C=O) groups excluding carboxylic acids is 2. The SMILES string of the molecule is CNC(=O)c1cc(Oc2ccc(NC(=O)Nc3cc(C4(C)CC4)nn3-c3cc(F)cc(F)c3)cc2)ccn1. The number of aromatic nitrogens is 3. The van der Waals surface area contributed by atoms with E-state index < -0.39 is 17.7 Å². The summed E-state index contributed by atoms with van der Waals surface area (Å²) in [4.78, 5) is 28.6. The van der Waals surface area contributed by atoms with Gasteiger partial charge in [0.2, 0.25) is 0 Å². The van der Waals surface area contributed by atoms with Crippen LogP contribution in [0.3, 0.4) is 0 Å². The molecule has 9 nitrogen and oxygen atoms in total. The second-order valence-electron chi connectivity index (χ2n) is 9.18. The summed E-state index contributed by atoms with van der Waals surface area (Å²) in [5.74, 6) is -0.630. The van der Waals surface area contributed by atoms with Crippen molar-refractivity contribution in [1.29, 1.82) is 0 Å². The lowest BCUT2D eigenvalue weighted by atomic mass is 10.1. The number of nitrogens with one attached hydrogen (secondary N) is 3. The van der Waals surface area contributed by atoms with Crippen LogP contribution in [0.2, 0.25) is 0 Å². The van der Waals surface area contributed by atoms with Crippen molar-refractivity contribution in [2.45, 2.75) is 25.2 Å². The molecule has 2 aromatic heterocycles. The molecule has 0 spiro atoms. The van der Waals surface area contributed by atoms with Gasteiger partial charge in [-0.15, -0.1) is 0 Å². The van der Waals surface area contributed by atoms with Crippen LogP contribution in [0.15, 0.2) is 66.9 Å². The first kappa shape index (κ1) is 24.9. The molecule has 5 rings (SSSR count). The standard InChI is InChI=1S/C27H24F2N6O3/c1-27(8-9-27)23-15-24(35(34-23)19-12-16(28)11-17(29)13-19)33-26(37)32-18-3-5-20(6-4-18)38-21-7-10-31-22(14-21)25(36)30-2/h3-7,10-15H,8-9H2,1-2H3,(H,30,36)(H2,32,33,37). The number of benzene rings is 2. The highest BCUT2D eigenvalue weighted by Crippen LogP contribution is 2.47. The average molecular weight is 519 g/mol. The molecule has 0 atom stereocenters. The van der Waals surface area contributed by atoms with E-state index in [2.05, 4.69) is 26.0 Å². The number of pyridine rings is 1. The Balaban J connectivity index is 1.29. The van der Waals surface area contributed by atoms with Gasteiger partial charge in [-0.1, -0.05) is 6.92 Å². The zero-order valence-corrected chi connectivity index (χ0v) is 20.6. The molecule has 4 aromatic rings. The molecule has 1 fully saturated rings. The van der Waals surface area contributed by atoms with Crippen LogP contribution in [0.4, 0.5) is 25.1 Å². The van der Waals surface area contributed by atoms with Crippen LogP contribution in [0.1, 0.15) is 35.9 Å². The predicted octanol–water partition coefficient (Wildman–Crippen LogP) is 5.39. The molecule has 3 amide bonds. The highest BCUT2D eigenvalue weighted by molar-refractivity contribution is 5.99. The van der Waals surface area contributed by atoms with Gasteiger partial charge in [-0.2, -0.15) is 5.10 Å². The van der Waals surface area contributed by atoms with Gasteiger partial charge in [0.15, 0.2) is 0 Å². The molecule has 0 bridgehead atoms. The summed E-state index contributed by atoms with van der Waals surface area (Å²) >= 11 is 0. The Bertz CT molecular complexity index is 1500. The van der Waals surface area contributed by atoms with Crippen LogP contribution >= 0.6 is 0 Å². The highest BCUT2D eigenvalue weighted by atomic mass is 19.1. The quantitative estimate of drug-likeness (QED) is 0.304. The van der Waals surface area contributed by atoms with Crippen molar-refractivity contribution in [3.8, 4) is 17.2 Å². The number of rotatable bonds is 7. The van der Waals surface area contributed by atoms with Gasteiger partial charge in [-0.05, 0) is 55.3 Å². The van der Waals surface area contributed by atoms with Gasteiger partial charge >= 0.3 is 6.03 Å². The molecule has 0 saturated heterocycles. The number of anilines is 2. The summed E-state index contributed by atoms with van der Waals surface area (Å²) in [6.45, 7) is 2.05. The van der Waals surface area contributed by atoms with E-state index in [-0.39, 0.29) is 28.5 Å². The molecule has 2 heterocycles. The molecule has 1 saturated carbocycles. The van der Waals surface area contributed by atoms with Crippen LogP contribution in [0.5, 0.6) is 11.5 Å². The van der Waals surface area contributed by atoms with E-state index in [9.17, 15) is 18.4 Å². The van der Waals surface area contributed by atoms with Crippen molar-refractivity contribution in [3.05, 3.63) is 89.9 Å². The Morgan fingerprint density at radius 1 is 0.947 bits per heavy atom. The van der Waals surface area contributed by atoms with Crippen LogP contribution in [-0.4, -0.2) is 33.8 Å². The summed E-state index contributed by atoms with van der Waals surface area (Å²) in [5.41, 5.74) is 1.46. The molecule has 2 aromatic carbocycles. The highest BCUT2D eigenvalue weighted by Gasteiger charge is 2.42. The minimum atomic E-state index is -0.746. The molecule has 194 valence electrons. The van der Waals surface area contributed by atoms with Crippen molar-refractivity contribution >= 4 is 23.4 Å². The second kappa shape index (κ2) is 9.92. The Kier molecular flexibility index (Phi) is 6.50. The Hall–Kier alpha value is -4.80. The topological polar surface area (TPSA) is 110 Å². The molecular weight excluding hydrogens is 494 g/mol. The van der Waals surface area contributed by atoms with E-state index in [1.54, 1.807) is 36.4 Å². The molecule has 0 radical (unpaired) electrons. The van der Waals surface area contributed by atoms with Crippen molar-refractivity contribution < 1.29 is 23.1 Å². The number of ether oxygens (including phenoxy) is 1. The fourth-order valence-electron chi connectivity index (χ4n) is 3.82. The normalized spacial score (nSPS) is 13.5. The lowest BCUT2D eigenvalue weighted by molar-refractivity contribution is 0.0957. The minimum Gasteiger partial charge on any atom is -0.457 e. The minimum absolute atomic E-state index is 0.129. The smallest absolute Gasteiger partial charge is 0.324 e. The summed E-state index contributed by atoms with van der Waals surface area (Å²) in [5, 5.41) is 12.5. The van der Waals surface area contributed by atoms with Gasteiger partial charge in [-0.25, -0.2) is 18.3 Å². The van der Waals surface area contributed by atoms with Crippen LogP contribution < -0.4 is 20.7 Å². The Morgan fingerprint density at radius 2 is 1.66 bits per heavy atom. The van der Waals surface area contributed by atoms with Gasteiger partial charge in [0.05, 0.1) is 11.4 Å². The first-order valence-corrected chi connectivity index (χ1v) is 11.8. The van der Waals surface area contributed by atoms with Gasteiger partial charge in [-0.3, -0.25) is 15.1 Å². The maximum absolute atomic E-state index is 13.9. The number of nitrogens with zero attached hydrogens (tertiary/aromatic N) is 3. The van der Waals surface area contributed by atoms with E-state index in [0.717, 1.165) is 36.7 Å². The number of urea groups is 1. The lowest BCUT2D eigenvalue weighted by Gasteiger charge is -2.11. The zero-order valence-electron chi connectivity index (χ0n) is 20.6. The van der Waals surface area contributed by atoms with E-state index in [1.807, 2.05) is 6.92 Å².